The van der Waals surface area contributed by atoms with Crippen molar-refractivity contribution in [2.75, 3.05) is 13.1 Å². The molecule has 0 spiro atoms. The van der Waals surface area contributed by atoms with E-state index in [1.807, 2.05) is 17.8 Å². The highest BCUT2D eigenvalue weighted by molar-refractivity contribution is 5.66. The number of nitrogens with zero attached hydrogens (tertiary/aromatic N) is 3. The predicted molar refractivity (Wildman–Crippen MR) is 65.9 cm³/mol. The number of aliphatic carboxylic acids is 1. The fourth-order valence-corrected chi connectivity index (χ4v) is 1.77. The molecule has 0 bridgehead atoms. The van der Waals surface area contributed by atoms with Crippen molar-refractivity contribution in [2.24, 2.45) is 7.05 Å². The number of aryl methyl sites for hydroxylation is 1. The third-order valence-corrected chi connectivity index (χ3v) is 2.92. The summed E-state index contributed by atoms with van der Waals surface area (Å²) in [7, 11) is 1.92. The second kappa shape index (κ2) is 6.39. The standard InChI is InChI=1S/C12H21N3O2/c1-10(2)15(9-6-12(16)17)8-5-11-4-7-13-14(11)3/h4,7,10H,5-6,8-9H2,1-3H3,(H,16,17). The third-order valence-electron chi connectivity index (χ3n) is 2.92. The lowest BCUT2D eigenvalue weighted by Crippen LogP contribution is -2.34. The molecule has 0 saturated carbocycles. The van der Waals surface area contributed by atoms with Crippen LogP contribution in [0.1, 0.15) is 26.0 Å². The van der Waals surface area contributed by atoms with Gasteiger partial charge in [0.1, 0.15) is 0 Å². The average Bonchev–Trinajstić information content (AvgIpc) is 2.63. The Morgan fingerprint density at radius 3 is 2.71 bits per heavy atom. The van der Waals surface area contributed by atoms with Gasteiger partial charge in [0.05, 0.1) is 6.42 Å². The summed E-state index contributed by atoms with van der Waals surface area (Å²) in [6.07, 6.45) is 2.88. The van der Waals surface area contributed by atoms with E-state index in [0.717, 1.165) is 13.0 Å². The van der Waals surface area contributed by atoms with E-state index in [2.05, 4.69) is 23.8 Å². The Morgan fingerprint density at radius 1 is 1.53 bits per heavy atom. The Morgan fingerprint density at radius 2 is 2.24 bits per heavy atom. The van der Waals surface area contributed by atoms with Crippen LogP contribution in [-0.4, -0.2) is 44.9 Å². The molecule has 1 heterocycles. The highest BCUT2D eigenvalue weighted by Gasteiger charge is 2.11. The molecular formula is C12H21N3O2. The first kappa shape index (κ1) is 13.7. The maximum atomic E-state index is 10.6. The number of carboxylic acids is 1. The van der Waals surface area contributed by atoms with Crippen molar-refractivity contribution in [1.29, 1.82) is 0 Å². The fraction of sp³-hybridized carbons (Fsp3) is 0.667. The van der Waals surface area contributed by atoms with Crippen LogP contribution in [0, 0.1) is 0 Å². The van der Waals surface area contributed by atoms with Crippen molar-refractivity contribution < 1.29 is 9.90 Å². The molecule has 5 heteroatoms. The van der Waals surface area contributed by atoms with Crippen LogP contribution in [0.15, 0.2) is 12.3 Å². The van der Waals surface area contributed by atoms with Gasteiger partial charge in [-0.3, -0.25) is 14.4 Å². The topological polar surface area (TPSA) is 58.4 Å². The van der Waals surface area contributed by atoms with Gasteiger partial charge in [-0.1, -0.05) is 0 Å². The molecule has 5 nitrogen and oxygen atoms in total. The van der Waals surface area contributed by atoms with Gasteiger partial charge in [-0.25, -0.2) is 0 Å². The van der Waals surface area contributed by atoms with Crippen molar-refractivity contribution in [3.63, 3.8) is 0 Å². The monoisotopic (exact) mass is 239 g/mol. The van der Waals surface area contributed by atoms with Crippen LogP contribution in [0.5, 0.6) is 0 Å². The number of carboxylic acid groups (broad SMARTS) is 1. The molecule has 0 saturated heterocycles. The predicted octanol–water partition coefficient (Wildman–Crippen LogP) is 1.15. The van der Waals surface area contributed by atoms with E-state index in [9.17, 15) is 4.79 Å². The number of hydrogen-bond donors (Lipinski definition) is 1. The largest absolute Gasteiger partial charge is 0.481 e. The second-order valence-electron chi connectivity index (χ2n) is 4.47. The van der Waals surface area contributed by atoms with Gasteiger partial charge < -0.3 is 5.11 Å². The minimum Gasteiger partial charge on any atom is -0.481 e. The number of rotatable bonds is 7. The van der Waals surface area contributed by atoms with E-state index in [1.165, 1.54) is 5.69 Å². The Hall–Kier alpha value is -1.36. The van der Waals surface area contributed by atoms with Crippen molar-refractivity contribution in [3.05, 3.63) is 18.0 Å². The molecule has 0 aliphatic heterocycles. The van der Waals surface area contributed by atoms with E-state index in [-0.39, 0.29) is 6.42 Å². The molecule has 0 fully saturated rings. The minimum atomic E-state index is -0.740. The summed E-state index contributed by atoms with van der Waals surface area (Å²) in [5.74, 6) is -0.740. The lowest BCUT2D eigenvalue weighted by molar-refractivity contribution is -0.137. The molecule has 0 radical (unpaired) electrons. The number of hydrogen-bond acceptors (Lipinski definition) is 3. The van der Waals surface area contributed by atoms with Crippen LogP contribution in [0.2, 0.25) is 0 Å². The zero-order chi connectivity index (χ0) is 12.8. The molecule has 0 unspecified atom stereocenters. The van der Waals surface area contributed by atoms with E-state index in [0.29, 0.717) is 12.6 Å². The van der Waals surface area contributed by atoms with Crippen LogP contribution >= 0.6 is 0 Å². The highest BCUT2D eigenvalue weighted by atomic mass is 16.4. The Balaban J connectivity index is 2.44. The van der Waals surface area contributed by atoms with Crippen molar-refractivity contribution in [1.82, 2.24) is 14.7 Å². The second-order valence-corrected chi connectivity index (χ2v) is 4.47. The Bertz CT molecular complexity index is 360. The van der Waals surface area contributed by atoms with E-state index in [1.54, 1.807) is 6.20 Å². The lowest BCUT2D eigenvalue weighted by Gasteiger charge is -2.25. The summed E-state index contributed by atoms with van der Waals surface area (Å²) >= 11 is 0. The molecule has 17 heavy (non-hydrogen) atoms. The smallest absolute Gasteiger partial charge is 0.304 e. The molecular weight excluding hydrogens is 218 g/mol. The van der Waals surface area contributed by atoms with Crippen LogP contribution in [0.4, 0.5) is 0 Å². The van der Waals surface area contributed by atoms with Crippen LogP contribution in [0.25, 0.3) is 0 Å². The van der Waals surface area contributed by atoms with E-state index in [4.69, 9.17) is 5.11 Å². The Kier molecular flexibility index (Phi) is 5.15. The van der Waals surface area contributed by atoms with Crippen LogP contribution in [0.3, 0.4) is 0 Å². The van der Waals surface area contributed by atoms with Gasteiger partial charge >= 0.3 is 5.97 Å². The molecule has 96 valence electrons. The zero-order valence-corrected chi connectivity index (χ0v) is 10.8. The molecule has 0 aromatic carbocycles. The fourth-order valence-electron chi connectivity index (χ4n) is 1.77. The van der Waals surface area contributed by atoms with Gasteiger partial charge in [0.25, 0.3) is 0 Å². The lowest BCUT2D eigenvalue weighted by atomic mass is 10.2. The van der Waals surface area contributed by atoms with E-state index >= 15 is 0 Å². The molecule has 1 aromatic heterocycles. The molecule has 1 rings (SSSR count). The van der Waals surface area contributed by atoms with Crippen molar-refractivity contribution in [3.8, 4) is 0 Å². The molecule has 1 N–H and O–H groups in total. The van der Waals surface area contributed by atoms with Crippen molar-refractivity contribution in [2.45, 2.75) is 32.7 Å². The van der Waals surface area contributed by atoms with E-state index < -0.39 is 5.97 Å². The summed E-state index contributed by atoms with van der Waals surface area (Å²) in [4.78, 5) is 12.8. The number of aromatic nitrogens is 2. The molecule has 0 aliphatic carbocycles. The van der Waals surface area contributed by atoms with Crippen LogP contribution in [-0.2, 0) is 18.3 Å². The summed E-state index contributed by atoms with van der Waals surface area (Å²) in [6.45, 7) is 5.64. The van der Waals surface area contributed by atoms with Crippen molar-refractivity contribution >= 4 is 5.97 Å². The summed E-state index contributed by atoms with van der Waals surface area (Å²) < 4.78 is 1.86. The first-order chi connectivity index (χ1) is 8.00. The van der Waals surface area contributed by atoms with Crippen LogP contribution < -0.4 is 0 Å². The normalized spacial score (nSPS) is 11.4. The molecule has 0 amide bonds. The molecule has 0 aliphatic rings. The van der Waals surface area contributed by atoms with Gasteiger partial charge in [0.2, 0.25) is 0 Å². The molecule has 1 aromatic rings. The average molecular weight is 239 g/mol. The first-order valence-electron chi connectivity index (χ1n) is 5.93. The Labute approximate surface area is 102 Å². The number of carbonyl (C=O) groups is 1. The van der Waals surface area contributed by atoms with Gasteiger partial charge in [-0.05, 0) is 19.9 Å². The minimum absolute atomic E-state index is 0.198. The van der Waals surface area contributed by atoms with Gasteiger partial charge in [0, 0.05) is 44.5 Å². The summed E-state index contributed by atoms with van der Waals surface area (Å²) in [5, 5.41) is 12.8. The van der Waals surface area contributed by atoms with Gasteiger partial charge in [0.15, 0.2) is 0 Å². The SMILES string of the molecule is CC(C)N(CCC(=O)O)CCc1ccnn1C. The molecule has 0 atom stereocenters. The van der Waals surface area contributed by atoms with Gasteiger partial charge in [-0.2, -0.15) is 5.10 Å². The van der Waals surface area contributed by atoms with Gasteiger partial charge in [-0.15, -0.1) is 0 Å². The quantitative estimate of drug-likeness (QED) is 0.775. The summed E-state index contributed by atoms with van der Waals surface area (Å²) in [5.41, 5.74) is 1.17. The first-order valence-corrected chi connectivity index (χ1v) is 5.93. The maximum absolute atomic E-state index is 10.6. The summed E-state index contributed by atoms with van der Waals surface area (Å²) in [6, 6.07) is 2.36. The highest BCUT2D eigenvalue weighted by Crippen LogP contribution is 2.04. The zero-order valence-electron chi connectivity index (χ0n) is 10.8. The third kappa shape index (κ3) is 4.56. The maximum Gasteiger partial charge on any atom is 0.304 e.